The van der Waals surface area contributed by atoms with Crippen molar-refractivity contribution < 1.29 is 14.3 Å². The number of amides is 1. The van der Waals surface area contributed by atoms with Gasteiger partial charge in [-0.1, -0.05) is 55.1 Å². The van der Waals surface area contributed by atoms with Crippen LogP contribution in [0.3, 0.4) is 0 Å². The van der Waals surface area contributed by atoms with Crippen molar-refractivity contribution in [3.63, 3.8) is 0 Å². The van der Waals surface area contributed by atoms with Crippen LogP contribution in [0.25, 0.3) is 0 Å². The van der Waals surface area contributed by atoms with Crippen molar-refractivity contribution in [2.75, 3.05) is 30.4 Å². The highest BCUT2D eigenvalue weighted by Gasteiger charge is 2.08. The second-order valence-corrected chi connectivity index (χ2v) is 7.61. The van der Waals surface area contributed by atoms with Crippen LogP contribution in [0.4, 0.5) is 11.4 Å². The summed E-state index contributed by atoms with van der Waals surface area (Å²) in [6, 6.07) is 25.3. The normalized spacial score (nSPS) is 10.3. The average Bonchev–Trinajstić information content (AvgIpc) is 2.81. The molecule has 166 valence electrons. The van der Waals surface area contributed by atoms with Gasteiger partial charge in [0, 0.05) is 11.8 Å². The Labute approximate surface area is 190 Å². The van der Waals surface area contributed by atoms with E-state index in [-0.39, 0.29) is 12.5 Å². The Bertz CT molecular complexity index is 1020. The molecule has 0 atom stereocenters. The summed E-state index contributed by atoms with van der Waals surface area (Å²) in [4.78, 5) is 12.5. The number of benzene rings is 3. The first-order valence-corrected chi connectivity index (χ1v) is 10.8. The van der Waals surface area contributed by atoms with Crippen LogP contribution in [0.2, 0.25) is 0 Å². The Balaban J connectivity index is 1.47. The molecule has 0 saturated carbocycles. The summed E-state index contributed by atoms with van der Waals surface area (Å²) in [6.45, 7) is 6.92. The molecule has 3 aromatic carbocycles. The van der Waals surface area contributed by atoms with Crippen molar-refractivity contribution in [2.24, 2.45) is 0 Å². The first kappa shape index (κ1) is 22.9. The molecule has 1 amide bonds. The van der Waals surface area contributed by atoms with Gasteiger partial charge in [0.25, 0.3) is 0 Å². The summed E-state index contributed by atoms with van der Waals surface area (Å²) < 4.78 is 11.6. The Morgan fingerprint density at radius 3 is 2.53 bits per heavy atom. The lowest BCUT2D eigenvalue weighted by Crippen LogP contribution is -2.22. The fourth-order valence-electron chi connectivity index (χ4n) is 3.08. The number of carbonyl (C=O) groups is 1. The summed E-state index contributed by atoms with van der Waals surface area (Å²) in [7, 11) is 0. The molecule has 0 aliphatic rings. The summed E-state index contributed by atoms with van der Waals surface area (Å²) in [5, 5.41) is 6.05. The minimum absolute atomic E-state index is 0.131. The van der Waals surface area contributed by atoms with Crippen molar-refractivity contribution in [2.45, 2.75) is 19.8 Å². The summed E-state index contributed by atoms with van der Waals surface area (Å²) in [5.41, 5.74) is 3.71. The largest absolute Gasteiger partial charge is 0.491 e. The Kier molecular flexibility index (Phi) is 8.75. The number of rotatable bonds is 12. The van der Waals surface area contributed by atoms with Crippen LogP contribution in [0, 0.1) is 0 Å². The molecule has 32 heavy (non-hydrogen) atoms. The Hall–Kier alpha value is -3.73. The first-order chi connectivity index (χ1) is 15.6. The third-order valence-corrected chi connectivity index (χ3v) is 4.64. The number of ether oxygens (including phenoxy) is 2. The summed E-state index contributed by atoms with van der Waals surface area (Å²) >= 11 is 0. The highest BCUT2D eigenvalue weighted by Crippen LogP contribution is 2.24. The molecular weight excluding hydrogens is 400 g/mol. The van der Waals surface area contributed by atoms with Gasteiger partial charge in [0.2, 0.25) is 5.91 Å². The maximum absolute atomic E-state index is 12.5. The fourth-order valence-corrected chi connectivity index (χ4v) is 3.08. The van der Waals surface area contributed by atoms with Crippen LogP contribution >= 0.6 is 0 Å². The minimum Gasteiger partial charge on any atom is -0.491 e. The molecule has 5 nitrogen and oxygen atoms in total. The van der Waals surface area contributed by atoms with Gasteiger partial charge in [-0.3, -0.25) is 4.79 Å². The monoisotopic (exact) mass is 430 g/mol. The van der Waals surface area contributed by atoms with Crippen LogP contribution in [0.1, 0.15) is 18.9 Å². The van der Waals surface area contributed by atoms with Gasteiger partial charge < -0.3 is 20.1 Å². The zero-order valence-corrected chi connectivity index (χ0v) is 18.5. The van der Waals surface area contributed by atoms with Gasteiger partial charge in [-0.25, -0.2) is 0 Å². The molecule has 3 aromatic rings. The quantitative estimate of drug-likeness (QED) is 0.286. The van der Waals surface area contributed by atoms with E-state index in [1.807, 2.05) is 73.7 Å². The van der Waals surface area contributed by atoms with E-state index in [9.17, 15) is 4.79 Å². The number of aryl methyl sites for hydroxylation is 1. The maximum Gasteiger partial charge on any atom is 0.243 e. The number of anilines is 2. The molecule has 0 unspecified atom stereocenters. The SMILES string of the molecule is C=C(C)COc1cccc(NCC(=O)Nc2ccccc2OCCCc2ccccc2)c1. The van der Waals surface area contributed by atoms with E-state index in [2.05, 4.69) is 29.3 Å². The number of hydrogen-bond acceptors (Lipinski definition) is 4. The molecule has 0 bridgehead atoms. The third kappa shape index (κ3) is 7.84. The second kappa shape index (κ2) is 12.2. The lowest BCUT2D eigenvalue weighted by atomic mass is 10.1. The molecule has 0 aliphatic carbocycles. The number of nitrogens with one attached hydrogen (secondary N) is 2. The van der Waals surface area contributed by atoms with Crippen LogP contribution < -0.4 is 20.1 Å². The average molecular weight is 431 g/mol. The lowest BCUT2D eigenvalue weighted by Gasteiger charge is -2.13. The van der Waals surface area contributed by atoms with Crippen LogP contribution in [-0.4, -0.2) is 25.7 Å². The second-order valence-electron chi connectivity index (χ2n) is 7.61. The summed E-state index contributed by atoms with van der Waals surface area (Å²) in [5.74, 6) is 1.25. The lowest BCUT2D eigenvalue weighted by molar-refractivity contribution is -0.114. The Morgan fingerprint density at radius 2 is 1.72 bits per heavy atom. The van der Waals surface area contributed by atoms with E-state index in [0.717, 1.165) is 29.9 Å². The van der Waals surface area contributed by atoms with Crippen molar-refractivity contribution in [1.29, 1.82) is 0 Å². The predicted octanol–water partition coefficient (Wildman–Crippen LogP) is 5.70. The zero-order valence-electron chi connectivity index (χ0n) is 18.5. The predicted molar refractivity (Wildman–Crippen MR) is 131 cm³/mol. The minimum atomic E-state index is -0.154. The molecule has 0 fully saturated rings. The molecule has 0 spiro atoms. The molecule has 2 N–H and O–H groups in total. The van der Waals surface area contributed by atoms with Crippen molar-refractivity contribution in [1.82, 2.24) is 0 Å². The third-order valence-electron chi connectivity index (χ3n) is 4.64. The maximum atomic E-state index is 12.5. The van der Waals surface area contributed by atoms with Crippen LogP contribution in [0.5, 0.6) is 11.5 Å². The van der Waals surface area contributed by atoms with E-state index in [1.54, 1.807) is 0 Å². The molecule has 3 rings (SSSR count). The number of carbonyl (C=O) groups excluding carboxylic acids is 1. The van der Waals surface area contributed by atoms with Gasteiger partial charge >= 0.3 is 0 Å². The Morgan fingerprint density at radius 1 is 0.938 bits per heavy atom. The molecular formula is C27H30N2O3. The topological polar surface area (TPSA) is 59.6 Å². The van der Waals surface area contributed by atoms with E-state index in [1.165, 1.54) is 5.56 Å². The van der Waals surface area contributed by atoms with Crippen LogP contribution in [0.15, 0.2) is 91.0 Å². The summed E-state index contributed by atoms with van der Waals surface area (Å²) in [6.07, 6.45) is 1.85. The molecule has 0 radical (unpaired) electrons. The zero-order chi connectivity index (χ0) is 22.6. The van der Waals surface area contributed by atoms with Gasteiger partial charge in [-0.15, -0.1) is 0 Å². The molecule has 0 aliphatic heterocycles. The van der Waals surface area contributed by atoms with Gasteiger partial charge in [0.05, 0.1) is 18.8 Å². The molecule has 0 saturated heterocycles. The molecule has 0 aromatic heterocycles. The van der Waals surface area contributed by atoms with Crippen LogP contribution in [-0.2, 0) is 11.2 Å². The van der Waals surface area contributed by atoms with E-state index in [4.69, 9.17) is 9.47 Å². The van der Waals surface area contributed by atoms with E-state index < -0.39 is 0 Å². The van der Waals surface area contributed by atoms with Gasteiger partial charge in [-0.05, 0) is 55.2 Å². The standard InChI is InChI=1S/C27H30N2O3/c1-21(2)20-32-24-14-8-13-23(18-24)28-19-27(30)29-25-15-6-7-16-26(25)31-17-9-12-22-10-4-3-5-11-22/h3-8,10-11,13-16,18,28H,1,9,12,17,19-20H2,2H3,(H,29,30). The van der Waals surface area contributed by atoms with E-state index in [0.29, 0.717) is 24.7 Å². The highest BCUT2D eigenvalue weighted by molar-refractivity contribution is 5.95. The first-order valence-electron chi connectivity index (χ1n) is 10.8. The van der Waals surface area contributed by atoms with Crippen molar-refractivity contribution in [3.05, 3.63) is 96.6 Å². The number of hydrogen-bond donors (Lipinski definition) is 2. The molecule has 5 heteroatoms. The number of para-hydroxylation sites is 2. The molecule has 0 heterocycles. The van der Waals surface area contributed by atoms with Crippen molar-refractivity contribution in [3.8, 4) is 11.5 Å². The van der Waals surface area contributed by atoms with Gasteiger partial charge in [0.1, 0.15) is 18.1 Å². The van der Waals surface area contributed by atoms with Gasteiger partial charge in [-0.2, -0.15) is 0 Å². The smallest absolute Gasteiger partial charge is 0.243 e. The van der Waals surface area contributed by atoms with Gasteiger partial charge in [0.15, 0.2) is 0 Å². The van der Waals surface area contributed by atoms with E-state index >= 15 is 0 Å². The highest BCUT2D eigenvalue weighted by atomic mass is 16.5. The fraction of sp³-hybridized carbons (Fsp3) is 0.222. The van der Waals surface area contributed by atoms with Crippen molar-refractivity contribution >= 4 is 17.3 Å².